The van der Waals surface area contributed by atoms with Crippen LogP contribution in [0.15, 0.2) is 54.7 Å². The minimum Gasteiger partial charge on any atom is -0.392 e. The number of carbonyl (C=O) groups is 1. The van der Waals surface area contributed by atoms with E-state index in [1.165, 1.54) is 16.7 Å². The average molecular weight is 510 g/mol. The number of aliphatic hydroxyl groups is 1. The molecular formula is C28H29Cl2N3O2. The third-order valence-corrected chi connectivity index (χ3v) is 7.97. The maximum atomic E-state index is 13.2. The van der Waals surface area contributed by atoms with Crippen molar-refractivity contribution in [2.24, 2.45) is 0 Å². The van der Waals surface area contributed by atoms with Crippen LogP contribution in [0.1, 0.15) is 40.0 Å². The van der Waals surface area contributed by atoms with Gasteiger partial charge in [0.25, 0.3) is 5.91 Å². The second-order valence-corrected chi connectivity index (χ2v) is 10.5. The number of benzene rings is 2. The van der Waals surface area contributed by atoms with E-state index in [1.807, 2.05) is 24.1 Å². The van der Waals surface area contributed by atoms with Crippen molar-refractivity contribution >= 4 is 29.1 Å². The molecule has 0 spiro atoms. The van der Waals surface area contributed by atoms with Crippen molar-refractivity contribution in [2.45, 2.75) is 44.4 Å². The summed E-state index contributed by atoms with van der Waals surface area (Å²) in [7, 11) is 1.87. The number of halogens is 2. The minimum atomic E-state index is -0.192. The molecular weight excluding hydrogens is 481 g/mol. The summed E-state index contributed by atoms with van der Waals surface area (Å²) < 4.78 is 0. The summed E-state index contributed by atoms with van der Waals surface area (Å²) in [5.74, 6) is -0.0663. The number of likely N-dealkylation sites (tertiary alicyclic amines) is 1. The van der Waals surface area contributed by atoms with E-state index >= 15 is 0 Å². The number of amides is 1. The second kappa shape index (κ2) is 10.3. The van der Waals surface area contributed by atoms with Crippen LogP contribution in [-0.2, 0) is 19.4 Å². The Morgan fingerprint density at radius 2 is 1.89 bits per heavy atom. The van der Waals surface area contributed by atoms with Crippen molar-refractivity contribution in [3.8, 4) is 11.1 Å². The van der Waals surface area contributed by atoms with Gasteiger partial charge in [0.1, 0.15) is 5.69 Å². The molecule has 2 atom stereocenters. The van der Waals surface area contributed by atoms with E-state index in [9.17, 15) is 9.90 Å². The number of fused-ring (bicyclic) bond motifs is 1. The fraction of sp³-hybridized carbons (Fsp3) is 0.357. The summed E-state index contributed by atoms with van der Waals surface area (Å²) in [5.41, 5.74) is 6.21. The minimum absolute atomic E-state index is 0.0663. The van der Waals surface area contributed by atoms with Gasteiger partial charge >= 0.3 is 0 Å². The number of β-amino-alcohol motifs (C(OH)–C–C–N with tert-alkyl or cyclic N) is 1. The number of hydrogen-bond acceptors (Lipinski definition) is 4. The van der Waals surface area contributed by atoms with Gasteiger partial charge in [-0.15, -0.1) is 0 Å². The number of aliphatic hydroxyl groups excluding tert-OH is 1. The smallest absolute Gasteiger partial charge is 0.272 e. The van der Waals surface area contributed by atoms with Crippen LogP contribution in [0.25, 0.3) is 11.1 Å². The van der Waals surface area contributed by atoms with Gasteiger partial charge in [0.05, 0.1) is 16.1 Å². The molecule has 7 heteroatoms. The predicted molar refractivity (Wildman–Crippen MR) is 140 cm³/mol. The van der Waals surface area contributed by atoms with Crippen molar-refractivity contribution in [1.29, 1.82) is 0 Å². The van der Waals surface area contributed by atoms with Gasteiger partial charge in [-0.3, -0.25) is 14.7 Å². The van der Waals surface area contributed by atoms with Gasteiger partial charge in [0, 0.05) is 44.5 Å². The van der Waals surface area contributed by atoms with Crippen LogP contribution in [-0.4, -0.2) is 58.1 Å². The first-order valence-corrected chi connectivity index (χ1v) is 12.8. The van der Waals surface area contributed by atoms with Crippen molar-refractivity contribution < 1.29 is 9.90 Å². The Morgan fingerprint density at radius 3 is 2.60 bits per heavy atom. The maximum absolute atomic E-state index is 13.2. The Balaban J connectivity index is 1.23. The number of likely N-dealkylation sites (N-methyl/N-ethyl adjacent to an activating group) is 1. The predicted octanol–water partition coefficient (Wildman–Crippen LogP) is 5.25. The first kappa shape index (κ1) is 24.3. The lowest BCUT2D eigenvalue weighted by molar-refractivity contribution is 0.0713. The third-order valence-electron chi connectivity index (χ3n) is 7.23. The van der Waals surface area contributed by atoms with E-state index in [0.29, 0.717) is 15.7 Å². The quantitative estimate of drug-likeness (QED) is 0.510. The topological polar surface area (TPSA) is 56.7 Å². The maximum Gasteiger partial charge on any atom is 0.272 e. The molecule has 0 radical (unpaired) electrons. The lowest BCUT2D eigenvalue weighted by atomic mass is 9.86. The number of nitrogens with zero attached hydrogens (tertiary/aromatic N) is 3. The number of carbonyl (C=O) groups excluding carboxylic acids is 1. The summed E-state index contributed by atoms with van der Waals surface area (Å²) >= 11 is 12.2. The number of hydrogen-bond donors (Lipinski definition) is 1. The van der Waals surface area contributed by atoms with Crippen LogP contribution in [0.3, 0.4) is 0 Å². The largest absolute Gasteiger partial charge is 0.392 e. The molecule has 35 heavy (non-hydrogen) atoms. The van der Waals surface area contributed by atoms with E-state index in [0.717, 1.165) is 56.4 Å². The fourth-order valence-electron chi connectivity index (χ4n) is 5.15. The zero-order valence-electron chi connectivity index (χ0n) is 19.8. The van der Waals surface area contributed by atoms with Gasteiger partial charge in [0.15, 0.2) is 0 Å². The normalized spacial score (nSPS) is 20.0. The van der Waals surface area contributed by atoms with Crippen molar-refractivity contribution in [3.63, 3.8) is 0 Å². The standard InChI is InChI=1S/C28H29Cl2N3O2/c1-32(28(35)27-9-6-22(15-31-27)21-5-8-25(29)26(30)14-21)23-7-4-19-12-18(2-3-20(19)13-23)16-33-11-10-24(34)17-33/h2-3,5-6,8-9,12,14-15,23-24,34H,4,7,10-11,13,16-17H2,1H3. The Morgan fingerprint density at radius 1 is 1.06 bits per heavy atom. The molecule has 1 N–H and O–H groups in total. The van der Waals surface area contributed by atoms with E-state index < -0.39 is 0 Å². The summed E-state index contributed by atoms with van der Waals surface area (Å²) in [6.45, 7) is 2.60. The molecule has 2 unspecified atom stereocenters. The Labute approximate surface area is 216 Å². The van der Waals surface area contributed by atoms with Gasteiger partial charge in [0.2, 0.25) is 0 Å². The van der Waals surface area contributed by atoms with Crippen LogP contribution in [0.5, 0.6) is 0 Å². The summed E-state index contributed by atoms with van der Waals surface area (Å²) in [6.07, 6.45) is 5.11. The molecule has 2 aromatic carbocycles. The van der Waals surface area contributed by atoms with Crippen molar-refractivity contribution in [3.05, 3.63) is 87.2 Å². The summed E-state index contributed by atoms with van der Waals surface area (Å²) in [4.78, 5) is 21.8. The molecule has 2 heterocycles. The van der Waals surface area contributed by atoms with Gasteiger partial charge in [-0.05, 0) is 66.1 Å². The molecule has 1 aliphatic heterocycles. The van der Waals surface area contributed by atoms with Gasteiger partial charge in [-0.2, -0.15) is 0 Å². The molecule has 0 bridgehead atoms. The monoisotopic (exact) mass is 509 g/mol. The number of pyridine rings is 1. The first-order chi connectivity index (χ1) is 16.9. The number of aryl methyl sites for hydroxylation is 1. The highest BCUT2D eigenvalue weighted by molar-refractivity contribution is 6.42. The number of rotatable bonds is 5. The van der Waals surface area contributed by atoms with Gasteiger partial charge in [-0.25, -0.2) is 0 Å². The summed E-state index contributed by atoms with van der Waals surface area (Å²) in [5, 5.41) is 10.8. The molecule has 2 aliphatic rings. The van der Waals surface area contributed by atoms with Gasteiger partial charge in [-0.1, -0.05) is 53.5 Å². The molecule has 1 saturated heterocycles. The molecule has 1 amide bonds. The Bertz CT molecular complexity index is 1230. The van der Waals surface area contributed by atoms with Gasteiger partial charge < -0.3 is 10.0 Å². The van der Waals surface area contributed by atoms with Crippen LogP contribution >= 0.6 is 23.2 Å². The highest BCUT2D eigenvalue weighted by atomic mass is 35.5. The molecule has 5 nitrogen and oxygen atoms in total. The lowest BCUT2D eigenvalue weighted by Crippen LogP contribution is -2.41. The van der Waals surface area contributed by atoms with Crippen LogP contribution in [0.4, 0.5) is 0 Å². The molecule has 3 aromatic rings. The number of aromatic nitrogens is 1. The van der Waals surface area contributed by atoms with E-state index in [2.05, 4.69) is 28.1 Å². The summed E-state index contributed by atoms with van der Waals surface area (Å²) in [6, 6.07) is 16.0. The zero-order chi connectivity index (χ0) is 24.5. The lowest BCUT2D eigenvalue weighted by Gasteiger charge is -2.32. The molecule has 182 valence electrons. The molecule has 1 aromatic heterocycles. The van der Waals surface area contributed by atoms with E-state index in [-0.39, 0.29) is 18.1 Å². The molecule has 1 aliphatic carbocycles. The highest BCUT2D eigenvalue weighted by Gasteiger charge is 2.27. The third kappa shape index (κ3) is 5.39. The van der Waals surface area contributed by atoms with Crippen LogP contribution < -0.4 is 0 Å². The first-order valence-electron chi connectivity index (χ1n) is 12.1. The highest BCUT2D eigenvalue weighted by Crippen LogP contribution is 2.29. The molecule has 5 rings (SSSR count). The fourth-order valence-corrected chi connectivity index (χ4v) is 5.44. The van der Waals surface area contributed by atoms with E-state index in [1.54, 1.807) is 24.4 Å². The average Bonchev–Trinajstić information content (AvgIpc) is 3.29. The van der Waals surface area contributed by atoms with Crippen LogP contribution in [0, 0.1) is 0 Å². The van der Waals surface area contributed by atoms with Crippen LogP contribution in [0.2, 0.25) is 10.0 Å². The zero-order valence-corrected chi connectivity index (χ0v) is 21.3. The van der Waals surface area contributed by atoms with Crippen molar-refractivity contribution in [2.75, 3.05) is 20.1 Å². The Kier molecular flexibility index (Phi) is 7.12. The molecule has 1 fully saturated rings. The SMILES string of the molecule is CN(C(=O)c1ccc(-c2ccc(Cl)c(Cl)c2)cn1)C1CCc2cc(CN3CCC(O)C3)ccc2C1. The Hall–Kier alpha value is -2.44. The van der Waals surface area contributed by atoms with Crippen molar-refractivity contribution in [1.82, 2.24) is 14.8 Å². The second-order valence-electron chi connectivity index (χ2n) is 9.65. The molecule has 0 saturated carbocycles. The van der Waals surface area contributed by atoms with E-state index in [4.69, 9.17) is 23.2 Å².